The smallest absolute Gasteiger partial charge is 0.193 e. The van der Waals surface area contributed by atoms with E-state index in [9.17, 15) is 4.39 Å². The number of hydrogen-bond donors (Lipinski definition) is 1. The summed E-state index contributed by atoms with van der Waals surface area (Å²) >= 11 is 0. The predicted molar refractivity (Wildman–Crippen MR) is 106 cm³/mol. The molecule has 4 nitrogen and oxygen atoms in total. The quantitative estimate of drug-likeness (QED) is 0.395. The van der Waals surface area contributed by atoms with Gasteiger partial charge in [-0.3, -0.25) is 4.99 Å². The lowest BCUT2D eigenvalue weighted by atomic mass is 10.0. The maximum absolute atomic E-state index is 13.5. The van der Waals surface area contributed by atoms with Gasteiger partial charge in [0.15, 0.2) is 17.5 Å². The summed E-state index contributed by atoms with van der Waals surface area (Å²) in [5.74, 6) is 1.80. The van der Waals surface area contributed by atoms with Crippen LogP contribution < -0.4 is 10.1 Å². The van der Waals surface area contributed by atoms with E-state index < -0.39 is 0 Å². The molecule has 1 aromatic carbocycles. The van der Waals surface area contributed by atoms with Gasteiger partial charge < -0.3 is 15.0 Å². The standard InChI is InChI=1S/C18H26FN3O.HI/c1-20-17(21-13-18(9-10-18)14-7-8-14)22(2)11-12-23-16-6-4-3-5-15(16)19;/h3-6,14H,7-13H2,1-2H3,(H,20,21);1H. The van der Waals surface area contributed by atoms with Crippen LogP contribution in [0.1, 0.15) is 25.7 Å². The van der Waals surface area contributed by atoms with Crippen LogP contribution in [0.4, 0.5) is 4.39 Å². The van der Waals surface area contributed by atoms with Crippen LogP contribution in [-0.4, -0.2) is 44.7 Å². The van der Waals surface area contributed by atoms with Crippen molar-refractivity contribution in [1.82, 2.24) is 10.2 Å². The number of halogens is 2. The summed E-state index contributed by atoms with van der Waals surface area (Å²) in [6.45, 7) is 2.10. The number of ether oxygens (including phenoxy) is 1. The molecule has 2 saturated carbocycles. The molecule has 2 aliphatic carbocycles. The van der Waals surface area contributed by atoms with Crippen molar-refractivity contribution in [2.24, 2.45) is 16.3 Å². The molecule has 2 fully saturated rings. The van der Waals surface area contributed by atoms with Gasteiger partial charge in [-0.25, -0.2) is 4.39 Å². The van der Waals surface area contributed by atoms with Crippen LogP contribution >= 0.6 is 24.0 Å². The Morgan fingerprint density at radius 1 is 1.38 bits per heavy atom. The Hall–Kier alpha value is -1.05. The molecular formula is C18H27FIN3O. The SMILES string of the molecule is CN=C(NCC1(C2CC2)CC1)N(C)CCOc1ccccc1F.I. The summed E-state index contributed by atoms with van der Waals surface area (Å²) < 4.78 is 19.0. The van der Waals surface area contributed by atoms with Crippen LogP contribution in [0.15, 0.2) is 29.3 Å². The highest BCUT2D eigenvalue weighted by molar-refractivity contribution is 14.0. The summed E-state index contributed by atoms with van der Waals surface area (Å²) in [7, 11) is 3.78. The number of rotatable bonds is 7. The summed E-state index contributed by atoms with van der Waals surface area (Å²) in [4.78, 5) is 6.38. The molecule has 6 heteroatoms. The minimum absolute atomic E-state index is 0. The highest BCUT2D eigenvalue weighted by Crippen LogP contribution is 2.60. The third-order valence-corrected chi connectivity index (χ3v) is 5.03. The molecule has 1 N–H and O–H groups in total. The molecule has 0 radical (unpaired) electrons. The van der Waals surface area contributed by atoms with E-state index in [-0.39, 0.29) is 29.8 Å². The van der Waals surface area contributed by atoms with Gasteiger partial charge in [0, 0.05) is 20.6 Å². The molecule has 24 heavy (non-hydrogen) atoms. The van der Waals surface area contributed by atoms with Gasteiger partial charge in [-0.2, -0.15) is 0 Å². The number of benzene rings is 1. The van der Waals surface area contributed by atoms with Crippen LogP contribution in [0, 0.1) is 17.2 Å². The summed E-state index contributed by atoms with van der Waals surface area (Å²) in [5.41, 5.74) is 0.542. The molecule has 0 atom stereocenters. The zero-order valence-electron chi connectivity index (χ0n) is 14.4. The Bertz CT molecular complexity index is 573. The second kappa shape index (κ2) is 8.36. The van der Waals surface area contributed by atoms with E-state index in [1.54, 1.807) is 25.2 Å². The monoisotopic (exact) mass is 447 g/mol. The van der Waals surface area contributed by atoms with Gasteiger partial charge in [-0.05, 0) is 49.1 Å². The normalized spacial score (nSPS) is 18.5. The van der Waals surface area contributed by atoms with E-state index >= 15 is 0 Å². The number of guanidine groups is 1. The molecule has 2 aliphatic rings. The van der Waals surface area contributed by atoms with Crippen LogP contribution in [0.2, 0.25) is 0 Å². The molecule has 0 unspecified atom stereocenters. The molecule has 0 bridgehead atoms. The zero-order valence-corrected chi connectivity index (χ0v) is 16.8. The van der Waals surface area contributed by atoms with Crippen molar-refractivity contribution in [2.45, 2.75) is 25.7 Å². The third kappa shape index (κ3) is 4.74. The first-order chi connectivity index (χ1) is 11.1. The van der Waals surface area contributed by atoms with Crippen molar-refractivity contribution in [3.8, 4) is 5.75 Å². The minimum Gasteiger partial charge on any atom is -0.489 e. The fourth-order valence-electron chi connectivity index (χ4n) is 3.19. The molecule has 0 aliphatic heterocycles. The van der Waals surface area contributed by atoms with Crippen molar-refractivity contribution in [2.75, 3.05) is 33.8 Å². The van der Waals surface area contributed by atoms with Crippen molar-refractivity contribution < 1.29 is 9.13 Å². The molecule has 0 heterocycles. The fraction of sp³-hybridized carbons (Fsp3) is 0.611. The molecular weight excluding hydrogens is 420 g/mol. The first-order valence-corrected chi connectivity index (χ1v) is 8.44. The Labute approximate surface area is 160 Å². The third-order valence-electron chi connectivity index (χ3n) is 5.03. The first-order valence-electron chi connectivity index (χ1n) is 8.44. The van der Waals surface area contributed by atoms with Crippen LogP contribution in [0.5, 0.6) is 5.75 Å². The molecule has 1 aromatic rings. The van der Waals surface area contributed by atoms with E-state index in [4.69, 9.17) is 4.74 Å². The summed E-state index contributed by atoms with van der Waals surface area (Å²) in [6.07, 6.45) is 5.49. The lowest BCUT2D eigenvalue weighted by Gasteiger charge is -2.24. The largest absolute Gasteiger partial charge is 0.489 e. The number of para-hydroxylation sites is 1. The van der Waals surface area contributed by atoms with E-state index in [0.717, 1.165) is 18.4 Å². The van der Waals surface area contributed by atoms with Crippen LogP contribution in [0.3, 0.4) is 0 Å². The number of nitrogens with zero attached hydrogens (tertiary/aromatic N) is 2. The van der Waals surface area contributed by atoms with Gasteiger partial charge in [-0.15, -0.1) is 24.0 Å². The van der Waals surface area contributed by atoms with E-state index in [0.29, 0.717) is 24.3 Å². The Morgan fingerprint density at radius 3 is 2.67 bits per heavy atom. The Kier molecular flexibility index (Phi) is 6.71. The Morgan fingerprint density at radius 2 is 2.08 bits per heavy atom. The van der Waals surface area contributed by atoms with Gasteiger partial charge in [-0.1, -0.05) is 12.1 Å². The molecule has 0 spiro atoms. The van der Waals surface area contributed by atoms with E-state index in [2.05, 4.69) is 10.3 Å². The fourth-order valence-corrected chi connectivity index (χ4v) is 3.19. The predicted octanol–water partition coefficient (Wildman–Crippen LogP) is 3.52. The second-order valence-corrected chi connectivity index (χ2v) is 6.74. The molecule has 0 aromatic heterocycles. The number of nitrogens with one attached hydrogen (secondary N) is 1. The zero-order chi connectivity index (χ0) is 16.3. The maximum atomic E-state index is 13.5. The second-order valence-electron chi connectivity index (χ2n) is 6.74. The summed E-state index contributed by atoms with van der Waals surface area (Å²) in [5, 5.41) is 3.50. The average Bonchev–Trinajstić information content (AvgIpc) is 3.43. The van der Waals surface area contributed by atoms with Gasteiger partial charge in [0.1, 0.15) is 6.61 Å². The van der Waals surface area contributed by atoms with Gasteiger partial charge in [0.05, 0.1) is 6.54 Å². The minimum atomic E-state index is -0.322. The van der Waals surface area contributed by atoms with Gasteiger partial charge in [0.25, 0.3) is 0 Å². The van der Waals surface area contributed by atoms with E-state index in [1.807, 2.05) is 11.9 Å². The van der Waals surface area contributed by atoms with Crippen molar-refractivity contribution in [3.05, 3.63) is 30.1 Å². The van der Waals surface area contributed by atoms with Crippen molar-refractivity contribution in [3.63, 3.8) is 0 Å². The average molecular weight is 447 g/mol. The highest BCUT2D eigenvalue weighted by atomic mass is 127. The highest BCUT2D eigenvalue weighted by Gasteiger charge is 2.53. The molecule has 0 saturated heterocycles. The maximum Gasteiger partial charge on any atom is 0.193 e. The first kappa shape index (κ1) is 19.3. The van der Waals surface area contributed by atoms with Crippen molar-refractivity contribution >= 4 is 29.9 Å². The number of hydrogen-bond acceptors (Lipinski definition) is 2. The number of likely N-dealkylation sites (N-methyl/N-ethyl adjacent to an activating group) is 1. The summed E-state index contributed by atoms with van der Waals surface area (Å²) in [6, 6.07) is 6.49. The van der Waals surface area contributed by atoms with Crippen molar-refractivity contribution in [1.29, 1.82) is 0 Å². The van der Waals surface area contributed by atoms with Crippen LogP contribution in [0.25, 0.3) is 0 Å². The van der Waals surface area contributed by atoms with E-state index in [1.165, 1.54) is 31.7 Å². The van der Waals surface area contributed by atoms with Gasteiger partial charge in [0.2, 0.25) is 0 Å². The topological polar surface area (TPSA) is 36.9 Å². The van der Waals surface area contributed by atoms with Gasteiger partial charge >= 0.3 is 0 Å². The molecule has 0 amide bonds. The number of aliphatic imine (C=N–C) groups is 1. The Balaban J connectivity index is 0.00000208. The lowest BCUT2D eigenvalue weighted by Crippen LogP contribution is -2.43. The lowest BCUT2D eigenvalue weighted by molar-refractivity contribution is 0.269. The molecule has 134 valence electrons. The van der Waals surface area contributed by atoms with Crippen LogP contribution in [-0.2, 0) is 0 Å². The molecule has 3 rings (SSSR count).